The van der Waals surface area contributed by atoms with Gasteiger partial charge in [0.1, 0.15) is 11.5 Å². The Kier molecular flexibility index (Phi) is 6.79. The van der Waals surface area contributed by atoms with Gasteiger partial charge in [0.05, 0.1) is 32.7 Å². The van der Waals surface area contributed by atoms with E-state index in [-0.39, 0.29) is 0 Å². The minimum atomic E-state index is 0.567. The number of rotatable bonds is 9. The Balaban J connectivity index is 1.84. The van der Waals surface area contributed by atoms with Gasteiger partial charge in [0.25, 0.3) is 0 Å². The number of benzene rings is 2. The highest BCUT2D eigenvalue weighted by atomic mass is 35.5. The van der Waals surface area contributed by atoms with Crippen LogP contribution in [0.25, 0.3) is 11.3 Å². The lowest BCUT2D eigenvalue weighted by Gasteiger charge is -2.15. The Labute approximate surface area is 170 Å². The summed E-state index contributed by atoms with van der Waals surface area (Å²) in [6, 6.07) is 13.5. The number of anilines is 1. The number of nitrogens with one attached hydrogen (secondary N) is 1. The molecule has 0 saturated carbocycles. The third-order valence-electron chi connectivity index (χ3n) is 4.45. The highest BCUT2D eigenvalue weighted by Gasteiger charge is 2.13. The van der Waals surface area contributed by atoms with Crippen LogP contribution in [-0.2, 0) is 17.8 Å². The average Bonchev–Trinajstić information content (AvgIpc) is 3.13. The monoisotopic (exact) mass is 401 g/mol. The summed E-state index contributed by atoms with van der Waals surface area (Å²) in [5, 5.41) is 4.11. The van der Waals surface area contributed by atoms with Crippen molar-refractivity contribution >= 4 is 17.5 Å². The molecule has 0 saturated heterocycles. The van der Waals surface area contributed by atoms with Crippen LogP contribution < -0.4 is 14.8 Å². The lowest BCUT2D eigenvalue weighted by molar-refractivity contribution is 0.188. The quantitative estimate of drug-likeness (QED) is 0.573. The van der Waals surface area contributed by atoms with Gasteiger partial charge in [-0.2, -0.15) is 0 Å². The molecule has 148 valence electrons. The van der Waals surface area contributed by atoms with Gasteiger partial charge < -0.3 is 24.1 Å². The van der Waals surface area contributed by atoms with E-state index in [9.17, 15) is 0 Å². The predicted octanol–water partition coefficient (Wildman–Crippen LogP) is 4.48. The summed E-state index contributed by atoms with van der Waals surface area (Å²) in [6.45, 7) is 1.82. The second kappa shape index (κ2) is 9.48. The van der Waals surface area contributed by atoms with Gasteiger partial charge in [0, 0.05) is 36.9 Å². The third-order valence-corrected chi connectivity index (χ3v) is 4.70. The third kappa shape index (κ3) is 4.58. The van der Waals surface area contributed by atoms with Crippen LogP contribution in [0.2, 0.25) is 5.02 Å². The van der Waals surface area contributed by atoms with Crippen molar-refractivity contribution < 1.29 is 14.2 Å². The highest BCUT2D eigenvalue weighted by Crippen LogP contribution is 2.27. The minimum absolute atomic E-state index is 0.567. The first-order chi connectivity index (χ1) is 13.7. The number of imidazole rings is 1. The molecule has 0 amide bonds. The summed E-state index contributed by atoms with van der Waals surface area (Å²) in [7, 11) is 4.97. The van der Waals surface area contributed by atoms with Crippen LogP contribution >= 0.6 is 11.6 Å². The zero-order valence-corrected chi connectivity index (χ0v) is 17.0. The first-order valence-electron chi connectivity index (χ1n) is 8.91. The Morgan fingerprint density at radius 3 is 2.50 bits per heavy atom. The molecule has 0 bridgehead atoms. The minimum Gasteiger partial charge on any atom is -0.497 e. The van der Waals surface area contributed by atoms with Crippen molar-refractivity contribution in [3.63, 3.8) is 0 Å². The average molecular weight is 402 g/mol. The summed E-state index contributed by atoms with van der Waals surface area (Å²) in [4.78, 5) is 4.57. The molecule has 0 spiro atoms. The number of hydrogen-bond donors (Lipinski definition) is 1. The van der Waals surface area contributed by atoms with Crippen LogP contribution in [0.5, 0.6) is 11.5 Å². The number of halogens is 1. The van der Waals surface area contributed by atoms with E-state index in [2.05, 4.69) is 14.9 Å². The number of methoxy groups -OCH3 is 3. The van der Waals surface area contributed by atoms with Gasteiger partial charge in [0.2, 0.25) is 5.95 Å². The molecule has 0 unspecified atom stereocenters. The van der Waals surface area contributed by atoms with E-state index in [0.717, 1.165) is 34.3 Å². The fourth-order valence-corrected chi connectivity index (χ4v) is 3.07. The van der Waals surface area contributed by atoms with Gasteiger partial charge in [-0.1, -0.05) is 23.7 Å². The largest absolute Gasteiger partial charge is 0.497 e. The van der Waals surface area contributed by atoms with Crippen molar-refractivity contribution in [2.75, 3.05) is 33.3 Å². The molecular weight excluding hydrogens is 378 g/mol. The molecule has 1 heterocycles. The molecule has 7 heteroatoms. The maximum Gasteiger partial charge on any atom is 0.203 e. The van der Waals surface area contributed by atoms with Gasteiger partial charge in [0.15, 0.2) is 0 Å². The van der Waals surface area contributed by atoms with Crippen molar-refractivity contribution in [2.45, 2.75) is 13.1 Å². The number of aromatic nitrogens is 2. The molecule has 1 aromatic heterocycles. The zero-order valence-electron chi connectivity index (χ0n) is 16.2. The van der Waals surface area contributed by atoms with Crippen LogP contribution in [0.3, 0.4) is 0 Å². The first-order valence-corrected chi connectivity index (χ1v) is 9.29. The molecule has 1 N–H and O–H groups in total. The molecule has 0 aliphatic rings. The molecule has 0 aliphatic carbocycles. The second-order valence-corrected chi connectivity index (χ2v) is 6.59. The Hall–Kier alpha value is -2.70. The highest BCUT2D eigenvalue weighted by molar-refractivity contribution is 6.30. The first kappa shape index (κ1) is 20.0. The Bertz CT molecular complexity index is 910. The smallest absolute Gasteiger partial charge is 0.203 e. The van der Waals surface area contributed by atoms with Crippen LogP contribution in [-0.4, -0.2) is 37.5 Å². The number of hydrogen-bond acceptors (Lipinski definition) is 5. The van der Waals surface area contributed by atoms with E-state index in [1.54, 1.807) is 21.3 Å². The van der Waals surface area contributed by atoms with Gasteiger partial charge in [-0.3, -0.25) is 0 Å². The van der Waals surface area contributed by atoms with Crippen molar-refractivity contribution in [2.24, 2.45) is 0 Å². The van der Waals surface area contributed by atoms with Gasteiger partial charge in [-0.05, 0) is 29.8 Å². The molecule has 0 aliphatic heterocycles. The topological polar surface area (TPSA) is 57.5 Å². The van der Waals surface area contributed by atoms with E-state index in [4.69, 9.17) is 25.8 Å². The van der Waals surface area contributed by atoms with E-state index in [1.807, 2.05) is 48.7 Å². The summed E-state index contributed by atoms with van der Waals surface area (Å²) in [6.07, 6.45) is 1.85. The van der Waals surface area contributed by atoms with Crippen molar-refractivity contribution in [1.29, 1.82) is 0 Å². The Morgan fingerprint density at radius 1 is 1.04 bits per heavy atom. The summed E-state index contributed by atoms with van der Waals surface area (Å²) < 4.78 is 18.1. The van der Waals surface area contributed by atoms with E-state index >= 15 is 0 Å². The molecule has 3 rings (SSSR count). The van der Waals surface area contributed by atoms with E-state index < -0.39 is 0 Å². The lowest BCUT2D eigenvalue weighted by Crippen LogP contribution is -2.12. The van der Waals surface area contributed by atoms with Crippen LogP contribution in [0.1, 0.15) is 5.56 Å². The fourth-order valence-electron chi connectivity index (χ4n) is 2.95. The number of nitrogens with zero attached hydrogens (tertiary/aromatic N) is 2. The lowest BCUT2D eigenvalue weighted by atomic mass is 10.1. The fraction of sp³-hybridized carbons (Fsp3) is 0.286. The van der Waals surface area contributed by atoms with Crippen LogP contribution in [0, 0.1) is 0 Å². The van der Waals surface area contributed by atoms with Crippen LogP contribution in [0.4, 0.5) is 5.95 Å². The maximum atomic E-state index is 6.02. The molecule has 28 heavy (non-hydrogen) atoms. The molecule has 0 radical (unpaired) electrons. The normalized spacial score (nSPS) is 10.7. The molecule has 0 fully saturated rings. The van der Waals surface area contributed by atoms with Gasteiger partial charge >= 0.3 is 0 Å². The second-order valence-electron chi connectivity index (χ2n) is 6.15. The molecule has 3 aromatic rings. The molecule has 0 atom stereocenters. The zero-order chi connectivity index (χ0) is 19.9. The summed E-state index contributed by atoms with van der Waals surface area (Å²) in [5.41, 5.74) is 3.05. The van der Waals surface area contributed by atoms with Gasteiger partial charge in [-0.15, -0.1) is 0 Å². The maximum absolute atomic E-state index is 6.02. The van der Waals surface area contributed by atoms with Crippen molar-refractivity contribution in [1.82, 2.24) is 9.55 Å². The standard InChI is InChI=1S/C21H24ClN3O3/c1-26-11-10-25-19(15-4-7-17(22)8-5-15)14-24-21(25)23-13-16-6-9-18(27-2)12-20(16)28-3/h4-9,12,14H,10-11,13H2,1-3H3,(H,23,24). The Morgan fingerprint density at radius 2 is 1.82 bits per heavy atom. The molecule has 6 nitrogen and oxygen atoms in total. The number of ether oxygens (including phenoxy) is 3. The molecule has 2 aromatic carbocycles. The predicted molar refractivity (Wildman–Crippen MR) is 111 cm³/mol. The molecular formula is C21H24ClN3O3. The summed E-state index contributed by atoms with van der Waals surface area (Å²) >= 11 is 6.02. The SMILES string of the molecule is COCCn1c(-c2ccc(Cl)cc2)cnc1NCc1ccc(OC)cc1OC. The van der Waals surface area contributed by atoms with Gasteiger partial charge in [-0.25, -0.2) is 4.98 Å². The van der Waals surface area contributed by atoms with Crippen LogP contribution in [0.15, 0.2) is 48.7 Å². The van der Waals surface area contributed by atoms with Crippen molar-refractivity contribution in [3.05, 3.63) is 59.2 Å². The summed E-state index contributed by atoms with van der Waals surface area (Å²) in [5.74, 6) is 2.28. The van der Waals surface area contributed by atoms with Crippen molar-refractivity contribution in [3.8, 4) is 22.8 Å². The van der Waals surface area contributed by atoms with E-state index in [1.165, 1.54) is 0 Å². The van der Waals surface area contributed by atoms with E-state index in [0.29, 0.717) is 24.7 Å².